The number of thiophene rings is 1. The molecule has 0 saturated carbocycles. The van der Waals surface area contributed by atoms with E-state index in [0.29, 0.717) is 31.7 Å². The second kappa shape index (κ2) is 6.36. The number of nitrogens with zero attached hydrogens (tertiary/aromatic N) is 2. The highest BCUT2D eigenvalue weighted by atomic mass is 79.9. The van der Waals surface area contributed by atoms with Crippen LogP contribution in [0.4, 0.5) is 4.79 Å². The fourth-order valence-electron chi connectivity index (χ4n) is 2.04. The summed E-state index contributed by atoms with van der Waals surface area (Å²) in [6.07, 6.45) is -0.314. The maximum Gasteiger partial charge on any atom is 0.410 e. The van der Waals surface area contributed by atoms with E-state index in [1.807, 2.05) is 32.2 Å². The molecule has 0 aliphatic carbocycles. The number of piperazine rings is 1. The van der Waals surface area contributed by atoms with Crippen LogP contribution in [-0.4, -0.2) is 53.6 Å². The van der Waals surface area contributed by atoms with Crippen LogP contribution >= 0.6 is 27.3 Å². The number of carbonyl (C=O) groups excluding carboxylic acids is 2. The number of rotatable bonds is 1. The molecule has 0 spiro atoms. The van der Waals surface area contributed by atoms with Gasteiger partial charge in [0.05, 0.1) is 9.35 Å². The van der Waals surface area contributed by atoms with Crippen molar-refractivity contribution in [3.05, 3.63) is 20.8 Å². The normalized spacial score (nSPS) is 16.0. The van der Waals surface area contributed by atoms with Crippen LogP contribution in [0.25, 0.3) is 0 Å². The highest BCUT2D eigenvalue weighted by Gasteiger charge is 2.28. The molecule has 2 amide bonds. The average molecular weight is 375 g/mol. The lowest BCUT2D eigenvalue weighted by Crippen LogP contribution is -2.51. The van der Waals surface area contributed by atoms with Gasteiger partial charge in [0.2, 0.25) is 0 Å². The summed E-state index contributed by atoms with van der Waals surface area (Å²) in [6.45, 7) is 7.60. The second-order valence-electron chi connectivity index (χ2n) is 5.87. The molecule has 1 fully saturated rings. The van der Waals surface area contributed by atoms with Crippen LogP contribution in [-0.2, 0) is 4.74 Å². The van der Waals surface area contributed by atoms with Gasteiger partial charge in [0, 0.05) is 26.2 Å². The topological polar surface area (TPSA) is 49.9 Å². The first kappa shape index (κ1) is 16.3. The minimum absolute atomic E-state index is 0.00645. The van der Waals surface area contributed by atoms with Crippen molar-refractivity contribution in [1.82, 2.24) is 9.80 Å². The Balaban J connectivity index is 1.90. The maximum absolute atomic E-state index is 12.4. The number of hydrogen-bond acceptors (Lipinski definition) is 4. The zero-order valence-corrected chi connectivity index (χ0v) is 14.8. The van der Waals surface area contributed by atoms with Gasteiger partial charge < -0.3 is 14.5 Å². The number of carbonyl (C=O) groups is 2. The van der Waals surface area contributed by atoms with Crippen molar-refractivity contribution < 1.29 is 14.3 Å². The maximum atomic E-state index is 12.4. The van der Waals surface area contributed by atoms with Crippen molar-refractivity contribution in [3.63, 3.8) is 0 Å². The Labute approximate surface area is 137 Å². The molecule has 0 bridgehead atoms. The van der Waals surface area contributed by atoms with Gasteiger partial charge in [-0.25, -0.2) is 4.79 Å². The lowest BCUT2D eigenvalue weighted by molar-refractivity contribution is 0.0141. The second-order valence-corrected chi connectivity index (χ2v) is 8.10. The number of halogens is 1. The van der Waals surface area contributed by atoms with Crippen molar-refractivity contribution in [1.29, 1.82) is 0 Å². The largest absolute Gasteiger partial charge is 0.444 e. The van der Waals surface area contributed by atoms with Crippen LogP contribution in [0.2, 0.25) is 0 Å². The monoisotopic (exact) mass is 374 g/mol. The molecule has 7 heteroatoms. The lowest BCUT2D eigenvalue weighted by Gasteiger charge is -2.35. The van der Waals surface area contributed by atoms with Crippen molar-refractivity contribution in [2.75, 3.05) is 26.2 Å². The van der Waals surface area contributed by atoms with E-state index in [1.165, 1.54) is 11.3 Å². The van der Waals surface area contributed by atoms with Crippen LogP contribution in [0.1, 0.15) is 31.1 Å². The summed E-state index contributed by atoms with van der Waals surface area (Å²) in [5.41, 5.74) is 0.191. The molecule has 1 aliphatic heterocycles. The van der Waals surface area contributed by atoms with Crippen molar-refractivity contribution in [2.45, 2.75) is 26.4 Å². The Morgan fingerprint density at radius 3 is 2.24 bits per heavy atom. The summed E-state index contributed by atoms with van der Waals surface area (Å²) in [5.74, 6) is 0.00645. The smallest absolute Gasteiger partial charge is 0.410 e. The molecule has 0 radical (unpaired) electrons. The average Bonchev–Trinajstić information content (AvgIpc) is 2.82. The first-order valence-corrected chi connectivity index (χ1v) is 8.45. The summed E-state index contributed by atoms with van der Waals surface area (Å²) in [6, 6.07) is 1.82. The fraction of sp³-hybridized carbons (Fsp3) is 0.571. The first-order valence-electron chi connectivity index (χ1n) is 6.78. The van der Waals surface area contributed by atoms with E-state index in [1.54, 1.807) is 9.80 Å². The van der Waals surface area contributed by atoms with Gasteiger partial charge in [0.1, 0.15) is 5.60 Å². The summed E-state index contributed by atoms with van der Waals surface area (Å²) in [7, 11) is 0. The van der Waals surface area contributed by atoms with Crippen LogP contribution in [0.3, 0.4) is 0 Å². The van der Waals surface area contributed by atoms with E-state index in [-0.39, 0.29) is 12.0 Å². The Hall–Kier alpha value is -1.08. The number of ether oxygens (including phenoxy) is 1. The van der Waals surface area contributed by atoms with E-state index in [9.17, 15) is 9.59 Å². The van der Waals surface area contributed by atoms with Gasteiger partial charge in [0.15, 0.2) is 0 Å². The van der Waals surface area contributed by atoms with Gasteiger partial charge >= 0.3 is 6.09 Å². The first-order chi connectivity index (χ1) is 9.78. The number of hydrogen-bond donors (Lipinski definition) is 0. The predicted molar refractivity (Wildman–Crippen MR) is 85.7 cm³/mol. The van der Waals surface area contributed by atoms with E-state index in [0.717, 1.165) is 3.79 Å². The van der Waals surface area contributed by atoms with E-state index >= 15 is 0 Å². The Morgan fingerprint density at radius 1 is 1.19 bits per heavy atom. The summed E-state index contributed by atoms with van der Waals surface area (Å²) in [4.78, 5) is 27.7. The van der Waals surface area contributed by atoms with Gasteiger partial charge in [-0.15, -0.1) is 11.3 Å². The highest BCUT2D eigenvalue weighted by Crippen LogP contribution is 2.25. The van der Waals surface area contributed by atoms with Gasteiger partial charge in [-0.05, 0) is 48.1 Å². The van der Waals surface area contributed by atoms with Gasteiger partial charge in [-0.2, -0.15) is 0 Å². The third-order valence-electron chi connectivity index (χ3n) is 3.07. The summed E-state index contributed by atoms with van der Waals surface area (Å²) < 4.78 is 6.19. The van der Waals surface area contributed by atoms with Crippen LogP contribution in [0, 0.1) is 0 Å². The molecule has 1 saturated heterocycles. The molecule has 1 aliphatic rings. The Bertz CT molecular complexity index is 531. The van der Waals surface area contributed by atoms with Crippen LogP contribution in [0.5, 0.6) is 0 Å². The van der Waals surface area contributed by atoms with Gasteiger partial charge in [0.25, 0.3) is 5.91 Å². The fourth-order valence-corrected chi connectivity index (χ4v) is 3.27. The van der Waals surface area contributed by atoms with Crippen molar-refractivity contribution >= 4 is 39.3 Å². The molecule has 116 valence electrons. The summed E-state index contributed by atoms with van der Waals surface area (Å²) in [5, 5.41) is 1.88. The van der Waals surface area contributed by atoms with Crippen molar-refractivity contribution in [2.24, 2.45) is 0 Å². The van der Waals surface area contributed by atoms with E-state index in [2.05, 4.69) is 15.9 Å². The third kappa shape index (κ3) is 4.20. The SMILES string of the molecule is CC(C)(C)OC(=O)N1CCN(C(=O)c2ccsc2Br)CC1. The zero-order valence-electron chi connectivity index (χ0n) is 12.4. The van der Waals surface area contributed by atoms with Crippen LogP contribution < -0.4 is 0 Å². The van der Waals surface area contributed by atoms with Gasteiger partial charge in [-0.3, -0.25) is 4.79 Å². The van der Waals surface area contributed by atoms with Crippen molar-refractivity contribution in [3.8, 4) is 0 Å². The molecular weight excluding hydrogens is 356 g/mol. The third-order valence-corrected chi connectivity index (χ3v) is 4.75. The minimum atomic E-state index is -0.494. The molecule has 0 aromatic carbocycles. The Morgan fingerprint density at radius 2 is 1.76 bits per heavy atom. The van der Waals surface area contributed by atoms with E-state index < -0.39 is 5.60 Å². The molecule has 1 aromatic rings. The molecule has 5 nitrogen and oxygen atoms in total. The molecule has 0 atom stereocenters. The van der Waals surface area contributed by atoms with Crippen LogP contribution in [0.15, 0.2) is 15.2 Å². The van der Waals surface area contributed by atoms with E-state index in [4.69, 9.17) is 4.74 Å². The number of amides is 2. The minimum Gasteiger partial charge on any atom is -0.444 e. The predicted octanol–water partition coefficient (Wildman–Crippen LogP) is 3.20. The molecule has 0 unspecified atom stereocenters. The zero-order chi connectivity index (χ0) is 15.6. The lowest BCUT2D eigenvalue weighted by atomic mass is 10.2. The molecule has 2 heterocycles. The molecule has 0 N–H and O–H groups in total. The molecule has 2 rings (SSSR count). The molecule has 1 aromatic heterocycles. The quantitative estimate of drug-likeness (QED) is 0.758. The van der Waals surface area contributed by atoms with Gasteiger partial charge in [-0.1, -0.05) is 0 Å². The summed E-state index contributed by atoms with van der Waals surface area (Å²) >= 11 is 4.88. The highest BCUT2D eigenvalue weighted by molar-refractivity contribution is 9.11. The standard InChI is InChI=1S/C14H19BrN2O3S/c1-14(2,3)20-13(19)17-7-5-16(6-8-17)12(18)10-4-9-21-11(10)15/h4,9H,5-8H2,1-3H3. The molecular formula is C14H19BrN2O3S. The molecule has 21 heavy (non-hydrogen) atoms. The Kier molecular flexibility index (Phi) is 4.93.